The molecule has 3 nitrogen and oxygen atoms in total. The van der Waals surface area contributed by atoms with Gasteiger partial charge in [0, 0.05) is 29.3 Å². The molecule has 0 aliphatic carbocycles. The first-order chi connectivity index (χ1) is 10.2. The molecule has 2 N–H and O–H groups in total. The van der Waals surface area contributed by atoms with E-state index in [4.69, 9.17) is 5.73 Å². The lowest BCUT2D eigenvalue weighted by Crippen LogP contribution is -2.01. The van der Waals surface area contributed by atoms with E-state index >= 15 is 0 Å². The van der Waals surface area contributed by atoms with Crippen molar-refractivity contribution in [2.75, 3.05) is 5.73 Å². The summed E-state index contributed by atoms with van der Waals surface area (Å²) in [6, 6.07) is 17.2. The number of ketones is 1. The van der Waals surface area contributed by atoms with Crippen molar-refractivity contribution in [3.05, 3.63) is 71.9 Å². The number of nitrogens with zero attached hydrogens (tertiary/aromatic N) is 1. The molecule has 3 aromatic rings. The van der Waals surface area contributed by atoms with Crippen LogP contribution >= 0.6 is 0 Å². The van der Waals surface area contributed by atoms with Crippen molar-refractivity contribution in [2.24, 2.45) is 0 Å². The molecule has 3 heteroatoms. The SMILES string of the molecule is Nc1cccc(CCC(=O)c2ccc3cccnc3c2)c1. The molecule has 104 valence electrons. The number of carbonyl (C=O) groups excluding carboxylic acids is 1. The summed E-state index contributed by atoms with van der Waals surface area (Å²) in [6.07, 6.45) is 2.91. The van der Waals surface area contributed by atoms with Crippen molar-refractivity contribution in [2.45, 2.75) is 12.8 Å². The Labute approximate surface area is 123 Å². The van der Waals surface area contributed by atoms with Crippen LogP contribution in [0.2, 0.25) is 0 Å². The van der Waals surface area contributed by atoms with E-state index in [0.717, 1.165) is 22.2 Å². The Morgan fingerprint density at radius 2 is 1.95 bits per heavy atom. The molecule has 1 aromatic heterocycles. The Kier molecular flexibility index (Phi) is 3.65. The fraction of sp³-hybridized carbons (Fsp3) is 0.111. The van der Waals surface area contributed by atoms with E-state index in [0.29, 0.717) is 18.4 Å². The summed E-state index contributed by atoms with van der Waals surface area (Å²) < 4.78 is 0. The molecule has 21 heavy (non-hydrogen) atoms. The van der Waals surface area contributed by atoms with Gasteiger partial charge < -0.3 is 5.73 Å². The van der Waals surface area contributed by atoms with Crippen LogP contribution in [0.25, 0.3) is 10.9 Å². The van der Waals surface area contributed by atoms with Crippen molar-refractivity contribution in [1.29, 1.82) is 0 Å². The van der Waals surface area contributed by atoms with Gasteiger partial charge in [0.15, 0.2) is 5.78 Å². The molecule has 0 amide bonds. The highest BCUT2D eigenvalue weighted by atomic mass is 16.1. The number of nitrogen functional groups attached to an aromatic ring is 1. The monoisotopic (exact) mass is 276 g/mol. The number of nitrogens with two attached hydrogens (primary N) is 1. The van der Waals surface area contributed by atoms with Crippen molar-refractivity contribution >= 4 is 22.4 Å². The molecular weight excluding hydrogens is 260 g/mol. The van der Waals surface area contributed by atoms with Gasteiger partial charge in [-0.15, -0.1) is 0 Å². The molecule has 0 saturated heterocycles. The van der Waals surface area contributed by atoms with E-state index in [-0.39, 0.29) is 5.78 Å². The summed E-state index contributed by atoms with van der Waals surface area (Å²) >= 11 is 0. The molecule has 3 rings (SSSR count). The van der Waals surface area contributed by atoms with Gasteiger partial charge >= 0.3 is 0 Å². The van der Waals surface area contributed by atoms with Crippen LogP contribution in [0.5, 0.6) is 0 Å². The maximum atomic E-state index is 12.3. The zero-order chi connectivity index (χ0) is 14.7. The summed E-state index contributed by atoms with van der Waals surface area (Å²) in [5.41, 5.74) is 9.13. The zero-order valence-corrected chi connectivity index (χ0v) is 11.6. The highest BCUT2D eigenvalue weighted by molar-refractivity contribution is 5.99. The summed E-state index contributed by atoms with van der Waals surface area (Å²) in [5.74, 6) is 0.130. The lowest BCUT2D eigenvalue weighted by molar-refractivity contribution is 0.0983. The quantitative estimate of drug-likeness (QED) is 0.584. The van der Waals surface area contributed by atoms with Crippen molar-refractivity contribution in [3.8, 4) is 0 Å². The van der Waals surface area contributed by atoms with Crippen LogP contribution in [0.3, 0.4) is 0 Å². The van der Waals surface area contributed by atoms with E-state index in [2.05, 4.69) is 4.98 Å². The second kappa shape index (κ2) is 5.75. The Hall–Kier alpha value is -2.68. The standard InChI is InChI=1S/C18H16N2O/c19-16-5-1-3-13(11-16)6-9-18(21)15-8-7-14-4-2-10-20-17(14)12-15/h1-5,7-8,10-12H,6,9,19H2. The second-order valence-corrected chi connectivity index (χ2v) is 5.08. The number of pyridine rings is 1. The molecule has 0 atom stereocenters. The Morgan fingerprint density at radius 1 is 1.05 bits per heavy atom. The molecule has 0 unspecified atom stereocenters. The molecule has 0 aliphatic rings. The first-order valence-electron chi connectivity index (χ1n) is 6.95. The summed E-state index contributed by atoms with van der Waals surface area (Å²) in [4.78, 5) is 16.6. The fourth-order valence-corrected chi connectivity index (χ4v) is 2.39. The minimum Gasteiger partial charge on any atom is -0.399 e. The van der Waals surface area contributed by atoms with Gasteiger partial charge in [0.2, 0.25) is 0 Å². The molecule has 1 heterocycles. The smallest absolute Gasteiger partial charge is 0.163 e. The number of hydrogen-bond donors (Lipinski definition) is 1. The number of anilines is 1. The average Bonchev–Trinajstić information content (AvgIpc) is 2.52. The van der Waals surface area contributed by atoms with Crippen LogP contribution < -0.4 is 5.73 Å². The normalized spacial score (nSPS) is 10.7. The highest BCUT2D eigenvalue weighted by Gasteiger charge is 2.07. The zero-order valence-electron chi connectivity index (χ0n) is 11.6. The number of hydrogen-bond acceptors (Lipinski definition) is 3. The van der Waals surface area contributed by atoms with Crippen molar-refractivity contribution in [3.63, 3.8) is 0 Å². The van der Waals surface area contributed by atoms with Gasteiger partial charge in [-0.25, -0.2) is 0 Å². The molecule has 0 bridgehead atoms. The van der Waals surface area contributed by atoms with Crippen LogP contribution in [0.1, 0.15) is 22.3 Å². The third-order valence-electron chi connectivity index (χ3n) is 3.52. The van der Waals surface area contributed by atoms with E-state index in [1.54, 1.807) is 6.20 Å². The van der Waals surface area contributed by atoms with Gasteiger partial charge in [-0.1, -0.05) is 30.3 Å². The molecule has 2 aromatic carbocycles. The average molecular weight is 276 g/mol. The van der Waals surface area contributed by atoms with Gasteiger partial charge in [0.05, 0.1) is 5.52 Å². The Bertz CT molecular complexity index is 796. The molecular formula is C18H16N2O. The number of carbonyl (C=O) groups is 1. The van der Waals surface area contributed by atoms with Crippen LogP contribution in [-0.2, 0) is 6.42 Å². The Balaban J connectivity index is 1.74. The number of rotatable bonds is 4. The van der Waals surface area contributed by atoms with E-state index < -0.39 is 0 Å². The maximum absolute atomic E-state index is 12.3. The summed E-state index contributed by atoms with van der Waals surface area (Å²) in [7, 11) is 0. The fourth-order valence-electron chi connectivity index (χ4n) is 2.39. The van der Waals surface area contributed by atoms with Gasteiger partial charge in [0.1, 0.15) is 0 Å². The third kappa shape index (κ3) is 3.08. The lowest BCUT2D eigenvalue weighted by Gasteiger charge is -2.04. The minimum atomic E-state index is 0.130. The van der Waals surface area contributed by atoms with Gasteiger partial charge in [0.25, 0.3) is 0 Å². The van der Waals surface area contributed by atoms with Crippen LogP contribution in [0.15, 0.2) is 60.8 Å². The van der Waals surface area contributed by atoms with Gasteiger partial charge in [-0.2, -0.15) is 0 Å². The number of Topliss-reactive ketones (excluding diaryl/α,β-unsaturated/α-hetero) is 1. The molecule has 0 saturated carbocycles. The predicted molar refractivity (Wildman–Crippen MR) is 85.2 cm³/mol. The number of benzene rings is 2. The summed E-state index contributed by atoms with van der Waals surface area (Å²) in [5, 5.41) is 1.05. The first-order valence-corrected chi connectivity index (χ1v) is 6.95. The number of aromatic nitrogens is 1. The van der Waals surface area contributed by atoms with E-state index in [1.807, 2.05) is 54.6 Å². The maximum Gasteiger partial charge on any atom is 0.163 e. The number of fused-ring (bicyclic) bond motifs is 1. The van der Waals surface area contributed by atoms with Crippen molar-refractivity contribution < 1.29 is 4.79 Å². The van der Waals surface area contributed by atoms with Crippen LogP contribution in [0, 0.1) is 0 Å². The highest BCUT2D eigenvalue weighted by Crippen LogP contribution is 2.16. The third-order valence-corrected chi connectivity index (χ3v) is 3.52. The Morgan fingerprint density at radius 3 is 2.81 bits per heavy atom. The van der Waals surface area contributed by atoms with Crippen LogP contribution in [-0.4, -0.2) is 10.8 Å². The lowest BCUT2D eigenvalue weighted by atomic mass is 10.0. The predicted octanol–water partition coefficient (Wildman–Crippen LogP) is 3.63. The molecule has 0 fully saturated rings. The van der Waals surface area contributed by atoms with Crippen LogP contribution in [0.4, 0.5) is 5.69 Å². The van der Waals surface area contributed by atoms with Crippen molar-refractivity contribution in [1.82, 2.24) is 4.98 Å². The molecule has 0 spiro atoms. The summed E-state index contributed by atoms with van der Waals surface area (Å²) in [6.45, 7) is 0. The first kappa shape index (κ1) is 13.3. The topological polar surface area (TPSA) is 56.0 Å². The van der Waals surface area contributed by atoms with E-state index in [9.17, 15) is 4.79 Å². The largest absolute Gasteiger partial charge is 0.399 e. The molecule has 0 aliphatic heterocycles. The number of aryl methyl sites for hydroxylation is 1. The van der Waals surface area contributed by atoms with E-state index in [1.165, 1.54) is 0 Å². The molecule has 0 radical (unpaired) electrons. The minimum absolute atomic E-state index is 0.130. The second-order valence-electron chi connectivity index (χ2n) is 5.08. The van der Waals surface area contributed by atoms with Gasteiger partial charge in [-0.3, -0.25) is 9.78 Å². The van der Waals surface area contributed by atoms with Gasteiger partial charge in [-0.05, 0) is 36.2 Å².